The van der Waals surface area contributed by atoms with Crippen LogP contribution in [0.5, 0.6) is 0 Å². The number of carbonyl (C=O) groups excluding carboxylic acids is 2. The van der Waals surface area contributed by atoms with Gasteiger partial charge in [0.05, 0.1) is 12.1 Å². The average Bonchev–Trinajstić information content (AvgIpc) is 2.49. The molecule has 2 N–H and O–H groups in total. The summed E-state index contributed by atoms with van der Waals surface area (Å²) in [6.45, 7) is 4.11. The SMILES string of the molecule is Cc1cc(C(=O)Nc2cccc(NC(=O)CN(C)C)c2)cnc1C. The second kappa shape index (κ2) is 7.70. The van der Waals surface area contributed by atoms with Crippen LogP contribution >= 0.6 is 0 Å². The Morgan fingerprint density at radius 1 is 1.08 bits per heavy atom. The topological polar surface area (TPSA) is 74.3 Å². The number of aryl methyl sites for hydroxylation is 2. The molecule has 0 atom stereocenters. The molecule has 1 aromatic carbocycles. The summed E-state index contributed by atoms with van der Waals surface area (Å²) < 4.78 is 0. The number of likely N-dealkylation sites (N-methyl/N-ethyl adjacent to an activating group) is 1. The summed E-state index contributed by atoms with van der Waals surface area (Å²) in [7, 11) is 3.65. The number of pyridine rings is 1. The minimum atomic E-state index is -0.234. The third-order valence-electron chi connectivity index (χ3n) is 3.47. The van der Waals surface area contributed by atoms with E-state index in [2.05, 4.69) is 15.6 Å². The number of nitrogens with one attached hydrogen (secondary N) is 2. The number of nitrogens with zero attached hydrogens (tertiary/aromatic N) is 2. The van der Waals surface area contributed by atoms with Crippen molar-refractivity contribution >= 4 is 23.2 Å². The highest BCUT2D eigenvalue weighted by molar-refractivity contribution is 6.04. The van der Waals surface area contributed by atoms with Crippen LogP contribution in [0.4, 0.5) is 11.4 Å². The summed E-state index contributed by atoms with van der Waals surface area (Å²) >= 11 is 0. The molecule has 0 spiro atoms. The highest BCUT2D eigenvalue weighted by atomic mass is 16.2. The lowest BCUT2D eigenvalue weighted by Crippen LogP contribution is -2.27. The van der Waals surface area contributed by atoms with Crippen LogP contribution in [0.1, 0.15) is 21.6 Å². The van der Waals surface area contributed by atoms with Crippen LogP contribution in [-0.2, 0) is 4.79 Å². The monoisotopic (exact) mass is 326 g/mol. The Morgan fingerprint density at radius 2 is 1.75 bits per heavy atom. The molecule has 0 aliphatic carbocycles. The maximum atomic E-state index is 12.3. The van der Waals surface area contributed by atoms with Gasteiger partial charge < -0.3 is 15.5 Å². The predicted octanol–water partition coefficient (Wildman–Crippen LogP) is 2.45. The van der Waals surface area contributed by atoms with E-state index in [0.717, 1.165) is 11.3 Å². The van der Waals surface area contributed by atoms with E-state index < -0.39 is 0 Å². The zero-order valence-electron chi connectivity index (χ0n) is 14.4. The Balaban J connectivity index is 2.07. The molecule has 0 aliphatic heterocycles. The summed E-state index contributed by atoms with van der Waals surface area (Å²) in [6, 6.07) is 8.86. The molecule has 0 unspecified atom stereocenters. The third kappa shape index (κ3) is 4.89. The normalized spacial score (nSPS) is 10.5. The van der Waals surface area contributed by atoms with Crippen LogP contribution in [-0.4, -0.2) is 42.3 Å². The molecule has 1 aromatic heterocycles. The van der Waals surface area contributed by atoms with Crippen molar-refractivity contribution in [2.24, 2.45) is 0 Å². The van der Waals surface area contributed by atoms with E-state index in [1.54, 1.807) is 41.4 Å². The van der Waals surface area contributed by atoms with Crippen molar-refractivity contribution in [1.29, 1.82) is 0 Å². The quantitative estimate of drug-likeness (QED) is 0.885. The first-order valence-corrected chi connectivity index (χ1v) is 7.64. The zero-order chi connectivity index (χ0) is 17.7. The second-order valence-corrected chi connectivity index (χ2v) is 5.95. The van der Waals surface area contributed by atoms with E-state index >= 15 is 0 Å². The number of hydrogen-bond acceptors (Lipinski definition) is 4. The van der Waals surface area contributed by atoms with Gasteiger partial charge in [0.25, 0.3) is 5.91 Å². The number of anilines is 2. The lowest BCUT2D eigenvalue weighted by molar-refractivity contribution is -0.116. The van der Waals surface area contributed by atoms with E-state index in [4.69, 9.17) is 0 Å². The predicted molar refractivity (Wildman–Crippen MR) is 95.3 cm³/mol. The maximum absolute atomic E-state index is 12.3. The summed E-state index contributed by atoms with van der Waals surface area (Å²) in [6.07, 6.45) is 1.56. The smallest absolute Gasteiger partial charge is 0.257 e. The zero-order valence-corrected chi connectivity index (χ0v) is 14.4. The summed E-state index contributed by atoms with van der Waals surface area (Å²) in [5.41, 5.74) is 3.61. The first-order valence-electron chi connectivity index (χ1n) is 7.64. The van der Waals surface area contributed by atoms with Crippen molar-refractivity contribution in [3.63, 3.8) is 0 Å². The molecule has 1 heterocycles. The fourth-order valence-electron chi connectivity index (χ4n) is 2.13. The van der Waals surface area contributed by atoms with Gasteiger partial charge in [-0.2, -0.15) is 0 Å². The van der Waals surface area contributed by atoms with Gasteiger partial charge in [-0.05, 0) is 57.8 Å². The molecule has 0 aliphatic rings. The molecule has 126 valence electrons. The van der Waals surface area contributed by atoms with Gasteiger partial charge in [-0.3, -0.25) is 14.6 Å². The molecule has 2 amide bonds. The number of benzene rings is 1. The molecule has 0 radical (unpaired) electrons. The van der Waals surface area contributed by atoms with E-state index in [0.29, 0.717) is 23.5 Å². The van der Waals surface area contributed by atoms with Gasteiger partial charge in [-0.1, -0.05) is 6.07 Å². The van der Waals surface area contributed by atoms with Crippen molar-refractivity contribution in [2.45, 2.75) is 13.8 Å². The Hall–Kier alpha value is -2.73. The molecule has 0 saturated heterocycles. The summed E-state index contributed by atoms with van der Waals surface area (Å²) in [5.74, 6) is -0.343. The summed E-state index contributed by atoms with van der Waals surface area (Å²) in [4.78, 5) is 30.1. The Labute approximate surface area is 141 Å². The molecular formula is C18H22N4O2. The highest BCUT2D eigenvalue weighted by Crippen LogP contribution is 2.16. The third-order valence-corrected chi connectivity index (χ3v) is 3.47. The maximum Gasteiger partial charge on any atom is 0.257 e. The van der Waals surface area contributed by atoms with Crippen molar-refractivity contribution in [1.82, 2.24) is 9.88 Å². The molecule has 24 heavy (non-hydrogen) atoms. The van der Waals surface area contributed by atoms with Gasteiger partial charge in [-0.15, -0.1) is 0 Å². The highest BCUT2D eigenvalue weighted by Gasteiger charge is 2.09. The molecule has 0 bridgehead atoms. The lowest BCUT2D eigenvalue weighted by atomic mass is 10.1. The standard InChI is InChI=1S/C18H22N4O2/c1-12-8-14(10-19-13(12)2)18(24)21-16-7-5-6-15(9-16)20-17(23)11-22(3)4/h5-10H,11H2,1-4H3,(H,20,23)(H,21,24). The minimum absolute atomic E-state index is 0.109. The van der Waals surface area contributed by atoms with E-state index in [1.807, 2.05) is 27.9 Å². The van der Waals surface area contributed by atoms with Crippen molar-refractivity contribution < 1.29 is 9.59 Å². The van der Waals surface area contributed by atoms with Crippen LogP contribution in [0, 0.1) is 13.8 Å². The molecule has 0 saturated carbocycles. The molecule has 2 rings (SSSR count). The Morgan fingerprint density at radius 3 is 2.38 bits per heavy atom. The fraction of sp³-hybridized carbons (Fsp3) is 0.278. The first kappa shape index (κ1) is 17.6. The average molecular weight is 326 g/mol. The number of aromatic nitrogens is 1. The van der Waals surface area contributed by atoms with E-state index in [9.17, 15) is 9.59 Å². The largest absolute Gasteiger partial charge is 0.325 e. The first-order chi connectivity index (χ1) is 11.3. The second-order valence-electron chi connectivity index (χ2n) is 5.95. The van der Waals surface area contributed by atoms with Gasteiger partial charge in [0.1, 0.15) is 0 Å². The molecule has 6 nitrogen and oxygen atoms in total. The van der Waals surface area contributed by atoms with Crippen LogP contribution in [0.25, 0.3) is 0 Å². The van der Waals surface area contributed by atoms with E-state index in [-0.39, 0.29) is 11.8 Å². The van der Waals surface area contributed by atoms with Gasteiger partial charge >= 0.3 is 0 Å². The molecule has 6 heteroatoms. The Bertz CT molecular complexity index is 756. The van der Waals surface area contributed by atoms with Gasteiger partial charge in [-0.25, -0.2) is 0 Å². The minimum Gasteiger partial charge on any atom is -0.325 e. The number of carbonyl (C=O) groups is 2. The van der Waals surface area contributed by atoms with Crippen molar-refractivity contribution in [3.8, 4) is 0 Å². The van der Waals surface area contributed by atoms with Gasteiger partial charge in [0.15, 0.2) is 0 Å². The summed E-state index contributed by atoms with van der Waals surface area (Å²) in [5, 5.41) is 5.62. The van der Waals surface area contributed by atoms with Gasteiger partial charge in [0.2, 0.25) is 5.91 Å². The van der Waals surface area contributed by atoms with Crippen LogP contribution in [0.3, 0.4) is 0 Å². The molecular weight excluding hydrogens is 304 g/mol. The van der Waals surface area contributed by atoms with Crippen LogP contribution in [0.2, 0.25) is 0 Å². The molecule has 2 aromatic rings. The number of hydrogen-bond donors (Lipinski definition) is 2. The lowest BCUT2D eigenvalue weighted by Gasteiger charge is -2.11. The van der Waals surface area contributed by atoms with Crippen LogP contribution < -0.4 is 10.6 Å². The van der Waals surface area contributed by atoms with Crippen LogP contribution in [0.15, 0.2) is 36.5 Å². The number of amides is 2. The number of rotatable bonds is 5. The van der Waals surface area contributed by atoms with Crippen molar-refractivity contribution in [2.75, 3.05) is 31.3 Å². The Kier molecular flexibility index (Phi) is 5.65. The van der Waals surface area contributed by atoms with Crippen molar-refractivity contribution in [3.05, 3.63) is 53.3 Å². The van der Waals surface area contributed by atoms with E-state index in [1.165, 1.54) is 0 Å². The fourth-order valence-corrected chi connectivity index (χ4v) is 2.13. The molecule has 0 fully saturated rings. The van der Waals surface area contributed by atoms with Gasteiger partial charge in [0, 0.05) is 23.3 Å².